The van der Waals surface area contributed by atoms with Crippen LogP contribution in [0.2, 0.25) is 0 Å². The first kappa shape index (κ1) is 21.5. The van der Waals surface area contributed by atoms with Gasteiger partial charge >= 0.3 is 6.09 Å². The number of nitrogens with zero attached hydrogens (tertiary/aromatic N) is 1. The summed E-state index contributed by atoms with van der Waals surface area (Å²) < 4.78 is 24.3. The Balaban J connectivity index is 1.46. The number of epoxide rings is 2. The highest BCUT2D eigenvalue weighted by molar-refractivity contribution is 6.90. The fourth-order valence-electron chi connectivity index (χ4n) is 5.97. The van der Waals surface area contributed by atoms with Crippen molar-refractivity contribution in [2.75, 3.05) is 20.3 Å². The van der Waals surface area contributed by atoms with Crippen molar-refractivity contribution < 1.29 is 23.7 Å². The van der Waals surface area contributed by atoms with Gasteiger partial charge in [0.2, 0.25) is 0 Å². The molecule has 0 aromatic rings. The maximum Gasteiger partial charge on any atom is 0.409 e. The van der Waals surface area contributed by atoms with E-state index in [-0.39, 0.29) is 41.5 Å². The zero-order valence-electron chi connectivity index (χ0n) is 18.8. The van der Waals surface area contributed by atoms with Gasteiger partial charge in [-0.15, -0.1) is 0 Å². The maximum atomic E-state index is 12.9. The molecular weight excluding hydrogens is 368 g/mol. The quantitative estimate of drug-likeness (QED) is 0.477. The van der Waals surface area contributed by atoms with E-state index >= 15 is 0 Å². The average molecular weight is 405 g/mol. The molecule has 7 atom stereocenters. The summed E-state index contributed by atoms with van der Waals surface area (Å²) >= 11 is 0. The number of hydrogen-bond acceptors (Lipinski definition) is 5. The molecule has 0 radical (unpaired) electrons. The molecule has 0 aromatic heterocycles. The van der Waals surface area contributed by atoms with Gasteiger partial charge in [-0.1, -0.05) is 13.8 Å². The standard InChI is InChI=1S/C21H37B2NO5/c1-13(2)7-8-15-20(3,29-15)18-17(26-4)14(9-10-21(18)12-27-21)28-19(25)24-11-5-6-16(24)23-22/h13-18,23H,5-12,22H2,1-4H3. The molecule has 3 aliphatic heterocycles. The number of ether oxygens (including phenoxy) is 4. The maximum absolute atomic E-state index is 12.9. The van der Waals surface area contributed by atoms with Crippen LogP contribution in [0.1, 0.15) is 59.3 Å². The Kier molecular flexibility index (Phi) is 6.00. The third-order valence-electron chi connectivity index (χ3n) is 7.84. The molecule has 1 aliphatic carbocycles. The van der Waals surface area contributed by atoms with Crippen LogP contribution in [0.4, 0.5) is 4.79 Å². The Bertz CT molecular complexity index is 616. The average Bonchev–Trinajstić information content (AvgIpc) is 3.54. The highest BCUT2D eigenvalue weighted by atomic mass is 16.6. The van der Waals surface area contributed by atoms with Crippen molar-refractivity contribution in [3.63, 3.8) is 0 Å². The van der Waals surface area contributed by atoms with E-state index in [1.54, 1.807) is 7.11 Å². The minimum atomic E-state index is -0.253. The number of likely N-dealkylation sites (tertiary alicyclic amines) is 1. The van der Waals surface area contributed by atoms with Gasteiger partial charge in [0.25, 0.3) is 0 Å². The summed E-state index contributed by atoms with van der Waals surface area (Å²) in [5, 5.41) is 0. The van der Waals surface area contributed by atoms with Gasteiger partial charge in [0.05, 0.1) is 26.4 Å². The van der Waals surface area contributed by atoms with Crippen molar-refractivity contribution in [3.05, 3.63) is 0 Å². The summed E-state index contributed by atoms with van der Waals surface area (Å²) in [6.45, 7) is 8.27. The molecule has 1 amide bonds. The predicted molar refractivity (Wildman–Crippen MR) is 115 cm³/mol. The molecule has 1 spiro atoms. The zero-order valence-corrected chi connectivity index (χ0v) is 18.8. The first-order valence-electron chi connectivity index (χ1n) is 11.7. The van der Waals surface area contributed by atoms with E-state index in [0.717, 1.165) is 58.8 Å². The molecule has 0 N–H and O–H groups in total. The fraction of sp³-hybridized carbons (Fsp3) is 0.952. The number of carbonyl (C=O) groups is 1. The minimum absolute atomic E-state index is 0.101. The molecule has 6 nitrogen and oxygen atoms in total. The summed E-state index contributed by atoms with van der Waals surface area (Å²) in [6, 6.07) is 0. The van der Waals surface area contributed by atoms with E-state index in [9.17, 15) is 4.79 Å². The second kappa shape index (κ2) is 8.08. The summed E-state index contributed by atoms with van der Waals surface area (Å²) in [7, 11) is 4.86. The Hall–Kier alpha value is -0.720. The van der Waals surface area contributed by atoms with E-state index in [4.69, 9.17) is 18.9 Å². The lowest BCUT2D eigenvalue weighted by molar-refractivity contribution is -0.121. The second-order valence-electron chi connectivity index (χ2n) is 10.2. The molecule has 4 aliphatic rings. The lowest BCUT2D eigenvalue weighted by Crippen LogP contribution is -2.56. The molecule has 8 heteroatoms. The molecule has 3 heterocycles. The van der Waals surface area contributed by atoms with Gasteiger partial charge in [-0.25, -0.2) is 4.79 Å². The smallest absolute Gasteiger partial charge is 0.409 e. The van der Waals surface area contributed by atoms with Crippen molar-refractivity contribution in [2.45, 2.75) is 94.8 Å². The molecule has 1 saturated carbocycles. The van der Waals surface area contributed by atoms with Crippen LogP contribution in [-0.4, -0.2) is 81.6 Å². The van der Waals surface area contributed by atoms with E-state index < -0.39 is 0 Å². The third kappa shape index (κ3) is 3.97. The van der Waals surface area contributed by atoms with E-state index in [2.05, 4.69) is 28.5 Å². The molecular formula is C21H37B2NO5. The van der Waals surface area contributed by atoms with Crippen LogP contribution in [0.25, 0.3) is 0 Å². The minimum Gasteiger partial charge on any atom is -0.443 e. The molecule has 162 valence electrons. The molecule has 0 bridgehead atoms. The highest BCUT2D eigenvalue weighted by Gasteiger charge is 2.72. The van der Waals surface area contributed by atoms with Gasteiger partial charge in [-0.2, -0.15) is 0 Å². The van der Waals surface area contributed by atoms with Gasteiger partial charge in [-0.05, 0) is 57.3 Å². The van der Waals surface area contributed by atoms with Crippen molar-refractivity contribution >= 4 is 21.0 Å². The van der Waals surface area contributed by atoms with Crippen molar-refractivity contribution in [3.8, 4) is 0 Å². The number of carbonyl (C=O) groups excluding carboxylic acids is 1. The SMILES string of the molecule is BBC1CCCN1C(=O)OC1CCC2(CO2)C(C2(C)OC2CCC(C)C)C1OC. The number of amides is 1. The van der Waals surface area contributed by atoms with Gasteiger partial charge in [-0.3, -0.25) is 0 Å². The number of hydrogen-bond donors (Lipinski definition) is 0. The van der Waals surface area contributed by atoms with Gasteiger partial charge in [0, 0.05) is 13.7 Å². The van der Waals surface area contributed by atoms with E-state index in [0.29, 0.717) is 11.9 Å². The van der Waals surface area contributed by atoms with Gasteiger partial charge in [0.1, 0.15) is 30.6 Å². The molecule has 0 aromatic carbocycles. The zero-order chi connectivity index (χ0) is 20.8. The predicted octanol–water partition coefficient (Wildman–Crippen LogP) is 1.69. The first-order valence-corrected chi connectivity index (χ1v) is 11.7. The largest absolute Gasteiger partial charge is 0.443 e. The van der Waals surface area contributed by atoms with Crippen LogP contribution >= 0.6 is 0 Å². The van der Waals surface area contributed by atoms with Crippen molar-refractivity contribution in [1.82, 2.24) is 4.90 Å². The number of methoxy groups -OCH3 is 1. The lowest BCUT2D eigenvalue weighted by Gasteiger charge is -2.43. The van der Waals surface area contributed by atoms with Crippen LogP contribution in [0.5, 0.6) is 0 Å². The first-order chi connectivity index (χ1) is 13.8. The van der Waals surface area contributed by atoms with Crippen molar-refractivity contribution in [2.24, 2.45) is 11.8 Å². The fourth-order valence-corrected chi connectivity index (χ4v) is 5.97. The molecule has 29 heavy (non-hydrogen) atoms. The summed E-state index contributed by atoms with van der Waals surface area (Å²) in [5.41, 5.74) is -0.415. The number of rotatable bonds is 7. The summed E-state index contributed by atoms with van der Waals surface area (Å²) in [4.78, 5) is 14.8. The monoisotopic (exact) mass is 405 g/mol. The molecule has 3 saturated heterocycles. The van der Waals surface area contributed by atoms with Crippen LogP contribution in [0.3, 0.4) is 0 Å². The lowest BCUT2D eigenvalue weighted by atomic mass is 9.50. The van der Waals surface area contributed by atoms with Gasteiger partial charge in [0.15, 0.2) is 0 Å². The van der Waals surface area contributed by atoms with Crippen molar-refractivity contribution in [1.29, 1.82) is 0 Å². The second-order valence-corrected chi connectivity index (χ2v) is 10.2. The Labute approximate surface area is 177 Å². The highest BCUT2D eigenvalue weighted by Crippen LogP contribution is 2.59. The van der Waals surface area contributed by atoms with E-state index in [1.807, 2.05) is 4.90 Å². The Morgan fingerprint density at radius 1 is 1.38 bits per heavy atom. The van der Waals surface area contributed by atoms with Crippen LogP contribution in [0, 0.1) is 11.8 Å². The van der Waals surface area contributed by atoms with Crippen LogP contribution < -0.4 is 0 Å². The summed E-state index contributed by atoms with van der Waals surface area (Å²) in [6.07, 6.45) is 5.70. The van der Waals surface area contributed by atoms with E-state index in [1.165, 1.54) is 0 Å². The Morgan fingerprint density at radius 2 is 2.14 bits per heavy atom. The third-order valence-corrected chi connectivity index (χ3v) is 7.84. The van der Waals surface area contributed by atoms with Crippen LogP contribution in [0.15, 0.2) is 0 Å². The molecule has 7 unspecified atom stereocenters. The summed E-state index contributed by atoms with van der Waals surface area (Å²) in [5.74, 6) is 1.08. The normalized spacial score (nSPS) is 43.6. The van der Waals surface area contributed by atoms with Crippen LogP contribution in [-0.2, 0) is 18.9 Å². The Morgan fingerprint density at radius 3 is 2.76 bits per heavy atom. The topological polar surface area (TPSA) is 63.8 Å². The molecule has 4 fully saturated rings. The van der Waals surface area contributed by atoms with Gasteiger partial charge < -0.3 is 23.8 Å². The molecule has 4 rings (SSSR count).